The number of nitrogens with zero attached hydrogens (tertiary/aromatic N) is 3. The van der Waals surface area contributed by atoms with E-state index in [1.165, 1.54) is 31.4 Å². The van der Waals surface area contributed by atoms with E-state index in [1.807, 2.05) is 0 Å². The normalized spacial score (nSPS) is 17.5. The van der Waals surface area contributed by atoms with Gasteiger partial charge < -0.3 is 14.0 Å². The van der Waals surface area contributed by atoms with E-state index in [1.54, 1.807) is 14.2 Å². The van der Waals surface area contributed by atoms with E-state index in [0.29, 0.717) is 0 Å². The summed E-state index contributed by atoms with van der Waals surface area (Å²) < 4.78 is 13.0. The molecule has 2 rings (SSSR count). The summed E-state index contributed by atoms with van der Waals surface area (Å²) >= 11 is 0. The minimum Gasteiger partial charge on any atom is -0.343 e. The topological polar surface area (TPSA) is 39.5 Å². The lowest BCUT2D eigenvalue weighted by atomic mass is 9.92. The number of rotatable bonds is 7. The zero-order valence-corrected chi connectivity index (χ0v) is 14.8. The maximum Gasteiger partial charge on any atom is 0.218 e. The van der Waals surface area contributed by atoms with Gasteiger partial charge in [0.2, 0.25) is 6.41 Å². The number of methoxy groups -OCH3 is 2. The summed E-state index contributed by atoms with van der Waals surface area (Å²) in [5.41, 5.74) is 2.48. The summed E-state index contributed by atoms with van der Waals surface area (Å²) in [7, 11) is 3.41. The van der Waals surface area contributed by atoms with Crippen molar-refractivity contribution >= 4 is 0 Å². The van der Waals surface area contributed by atoms with Crippen LogP contribution in [0.1, 0.15) is 42.9 Å². The van der Waals surface area contributed by atoms with E-state index in [9.17, 15) is 0 Å². The van der Waals surface area contributed by atoms with Gasteiger partial charge in [-0.2, -0.15) is 0 Å². The molecule has 2 heterocycles. The number of hydrogen-bond donors (Lipinski definition) is 0. The zero-order chi connectivity index (χ0) is 16.1. The van der Waals surface area contributed by atoms with Crippen molar-refractivity contribution in [3.05, 3.63) is 17.2 Å². The second kappa shape index (κ2) is 8.09. The van der Waals surface area contributed by atoms with Crippen LogP contribution in [0.25, 0.3) is 0 Å². The fraction of sp³-hybridized carbons (Fsp3) is 0.824. The smallest absolute Gasteiger partial charge is 0.218 e. The van der Waals surface area contributed by atoms with Gasteiger partial charge in [-0.15, -0.1) is 0 Å². The Morgan fingerprint density at radius 2 is 1.77 bits per heavy atom. The Bertz CT molecular complexity index is 461. The van der Waals surface area contributed by atoms with Crippen molar-refractivity contribution in [1.29, 1.82) is 0 Å². The van der Waals surface area contributed by atoms with Gasteiger partial charge in [0, 0.05) is 39.5 Å². The van der Waals surface area contributed by atoms with E-state index in [-0.39, 0.29) is 6.41 Å². The quantitative estimate of drug-likeness (QED) is 0.726. The Hall–Kier alpha value is -0.910. The standard InChI is InChI=1S/C17H31N3O2/c1-13-14(2)20(15(3)18-13)10-6-7-16-8-11-19(12-9-16)17(21-4)22-5/h16-17H,6-12H2,1-5H3. The van der Waals surface area contributed by atoms with Gasteiger partial charge in [-0.25, -0.2) is 4.98 Å². The van der Waals surface area contributed by atoms with Gasteiger partial charge in [0.05, 0.1) is 5.69 Å². The predicted octanol–water partition coefficient (Wildman–Crippen LogP) is 2.88. The molecule has 1 aromatic heterocycles. The van der Waals surface area contributed by atoms with Crippen LogP contribution < -0.4 is 0 Å². The molecule has 1 saturated heterocycles. The summed E-state index contributed by atoms with van der Waals surface area (Å²) in [6.07, 6.45) is 4.84. The first kappa shape index (κ1) is 17.4. The maximum atomic E-state index is 5.34. The van der Waals surface area contributed by atoms with Crippen molar-refractivity contribution in [3.8, 4) is 0 Å². The van der Waals surface area contributed by atoms with Crippen LogP contribution in [0.4, 0.5) is 0 Å². The molecule has 1 aliphatic heterocycles. The van der Waals surface area contributed by atoms with Crippen molar-refractivity contribution in [2.45, 2.75) is 59.4 Å². The Morgan fingerprint density at radius 3 is 2.27 bits per heavy atom. The number of imidazole rings is 1. The number of aromatic nitrogens is 2. The molecule has 0 aliphatic carbocycles. The molecule has 0 unspecified atom stereocenters. The minimum absolute atomic E-state index is 0.180. The number of aryl methyl sites for hydroxylation is 2. The van der Waals surface area contributed by atoms with Crippen LogP contribution in [0.5, 0.6) is 0 Å². The van der Waals surface area contributed by atoms with E-state index in [0.717, 1.165) is 37.1 Å². The molecule has 0 atom stereocenters. The van der Waals surface area contributed by atoms with Crippen molar-refractivity contribution in [1.82, 2.24) is 14.5 Å². The largest absolute Gasteiger partial charge is 0.343 e. The van der Waals surface area contributed by atoms with Crippen LogP contribution in [-0.2, 0) is 16.0 Å². The lowest BCUT2D eigenvalue weighted by molar-refractivity contribution is -0.202. The molecule has 0 spiro atoms. The third-order valence-electron chi connectivity index (χ3n) is 4.99. The first-order valence-corrected chi connectivity index (χ1v) is 8.36. The van der Waals surface area contributed by atoms with E-state index in [4.69, 9.17) is 9.47 Å². The third kappa shape index (κ3) is 4.09. The van der Waals surface area contributed by atoms with Gasteiger partial charge in [-0.1, -0.05) is 0 Å². The molecule has 0 radical (unpaired) electrons. The molecular weight excluding hydrogens is 278 g/mol. The second-order valence-corrected chi connectivity index (χ2v) is 6.38. The van der Waals surface area contributed by atoms with E-state index < -0.39 is 0 Å². The van der Waals surface area contributed by atoms with Crippen molar-refractivity contribution in [3.63, 3.8) is 0 Å². The van der Waals surface area contributed by atoms with Crippen molar-refractivity contribution in [2.24, 2.45) is 5.92 Å². The minimum atomic E-state index is -0.180. The molecule has 1 aromatic rings. The molecule has 5 heteroatoms. The Morgan fingerprint density at radius 1 is 1.14 bits per heavy atom. The molecular formula is C17H31N3O2. The molecule has 0 bridgehead atoms. The molecule has 0 amide bonds. The van der Waals surface area contributed by atoms with E-state index in [2.05, 4.69) is 35.2 Å². The average molecular weight is 309 g/mol. The van der Waals surface area contributed by atoms with Crippen LogP contribution in [0.15, 0.2) is 0 Å². The molecule has 0 saturated carbocycles. The highest BCUT2D eigenvalue weighted by atomic mass is 16.7. The van der Waals surface area contributed by atoms with Gasteiger partial charge >= 0.3 is 0 Å². The van der Waals surface area contributed by atoms with Crippen LogP contribution in [0, 0.1) is 26.7 Å². The third-order valence-corrected chi connectivity index (χ3v) is 4.99. The van der Waals surface area contributed by atoms with Crippen LogP contribution >= 0.6 is 0 Å². The van der Waals surface area contributed by atoms with Crippen LogP contribution in [-0.4, -0.2) is 48.2 Å². The lowest BCUT2D eigenvalue weighted by Gasteiger charge is -2.35. The second-order valence-electron chi connectivity index (χ2n) is 6.38. The molecule has 22 heavy (non-hydrogen) atoms. The monoisotopic (exact) mass is 309 g/mol. The molecule has 1 fully saturated rings. The Balaban J connectivity index is 1.73. The highest BCUT2D eigenvalue weighted by Crippen LogP contribution is 2.24. The lowest BCUT2D eigenvalue weighted by Crippen LogP contribution is -2.43. The number of likely N-dealkylation sites (tertiary alicyclic amines) is 1. The molecule has 5 nitrogen and oxygen atoms in total. The first-order chi connectivity index (χ1) is 10.6. The predicted molar refractivity (Wildman–Crippen MR) is 87.8 cm³/mol. The van der Waals surface area contributed by atoms with Gasteiger partial charge in [0.25, 0.3) is 0 Å². The SMILES string of the molecule is COC(OC)N1CCC(CCCn2c(C)nc(C)c2C)CC1. The van der Waals surface area contributed by atoms with Crippen molar-refractivity contribution in [2.75, 3.05) is 27.3 Å². The van der Waals surface area contributed by atoms with Crippen LogP contribution in [0.2, 0.25) is 0 Å². The summed E-state index contributed by atoms with van der Waals surface area (Å²) in [4.78, 5) is 6.83. The molecule has 0 aromatic carbocycles. The maximum absolute atomic E-state index is 5.34. The highest BCUT2D eigenvalue weighted by Gasteiger charge is 2.24. The number of hydrogen-bond acceptors (Lipinski definition) is 4. The first-order valence-electron chi connectivity index (χ1n) is 8.36. The molecule has 0 N–H and O–H groups in total. The summed E-state index contributed by atoms with van der Waals surface area (Å²) in [6, 6.07) is 0. The van der Waals surface area contributed by atoms with Crippen molar-refractivity contribution < 1.29 is 9.47 Å². The van der Waals surface area contributed by atoms with Gasteiger partial charge in [0.1, 0.15) is 5.82 Å². The fourth-order valence-electron chi connectivity index (χ4n) is 3.54. The van der Waals surface area contributed by atoms with E-state index >= 15 is 0 Å². The molecule has 1 aliphatic rings. The number of piperidine rings is 1. The Labute approximate surface area is 134 Å². The highest BCUT2D eigenvalue weighted by molar-refractivity contribution is 5.13. The fourth-order valence-corrected chi connectivity index (χ4v) is 3.54. The number of ether oxygens (including phenoxy) is 2. The van der Waals surface area contributed by atoms with Gasteiger partial charge in [-0.3, -0.25) is 4.90 Å². The van der Waals surface area contributed by atoms with Gasteiger partial charge in [0.15, 0.2) is 0 Å². The summed E-state index contributed by atoms with van der Waals surface area (Å²) in [6.45, 7) is 9.60. The average Bonchev–Trinajstić information content (AvgIpc) is 2.76. The van der Waals surface area contributed by atoms with Gasteiger partial charge in [-0.05, 0) is 52.4 Å². The zero-order valence-electron chi connectivity index (χ0n) is 14.8. The van der Waals surface area contributed by atoms with Crippen LogP contribution in [0.3, 0.4) is 0 Å². The molecule has 126 valence electrons. The Kier molecular flexibility index (Phi) is 6.41. The summed E-state index contributed by atoms with van der Waals surface area (Å²) in [5, 5.41) is 0. The summed E-state index contributed by atoms with van der Waals surface area (Å²) in [5.74, 6) is 1.98.